The van der Waals surface area contributed by atoms with Gasteiger partial charge in [-0.2, -0.15) is 23.4 Å². The highest BCUT2D eigenvalue weighted by atomic mass is 19.4. The summed E-state index contributed by atoms with van der Waals surface area (Å²) in [7, 11) is 0. The molecule has 0 aliphatic heterocycles. The molecular formula is C18H20F3N5. The number of aromatic nitrogens is 4. The number of hydrogen-bond acceptors (Lipinski definition) is 3. The Bertz CT molecular complexity index is 903. The van der Waals surface area contributed by atoms with Crippen molar-refractivity contribution in [1.29, 1.82) is 0 Å². The van der Waals surface area contributed by atoms with E-state index in [1.54, 1.807) is 12.1 Å². The van der Waals surface area contributed by atoms with Gasteiger partial charge in [-0.3, -0.25) is 4.68 Å². The molecule has 0 radical (unpaired) electrons. The number of alkyl halides is 3. The minimum absolute atomic E-state index is 0.357. The molecule has 2 heterocycles. The summed E-state index contributed by atoms with van der Waals surface area (Å²) < 4.78 is 41.5. The summed E-state index contributed by atoms with van der Waals surface area (Å²) in [6.45, 7) is 0.737. The second kappa shape index (κ2) is 6.42. The maximum absolute atomic E-state index is 12.8. The second-order valence-corrected chi connectivity index (χ2v) is 6.93. The van der Waals surface area contributed by atoms with Gasteiger partial charge >= 0.3 is 6.18 Å². The van der Waals surface area contributed by atoms with E-state index < -0.39 is 11.7 Å². The van der Waals surface area contributed by atoms with E-state index in [0.29, 0.717) is 17.6 Å². The molecule has 0 spiro atoms. The Kier molecular flexibility index (Phi) is 4.22. The van der Waals surface area contributed by atoms with Gasteiger partial charge in [0.05, 0.1) is 29.0 Å². The Balaban J connectivity index is 1.59. The Morgan fingerprint density at radius 1 is 1.12 bits per heavy atom. The van der Waals surface area contributed by atoms with Crippen LogP contribution in [0.1, 0.15) is 37.3 Å². The summed E-state index contributed by atoms with van der Waals surface area (Å²) in [6, 6.07) is 5.75. The van der Waals surface area contributed by atoms with E-state index in [0.717, 1.165) is 55.5 Å². The summed E-state index contributed by atoms with van der Waals surface area (Å²) in [5.74, 6) is 0.602. The van der Waals surface area contributed by atoms with Crippen LogP contribution in [-0.4, -0.2) is 26.1 Å². The molecule has 4 rings (SSSR count). The molecule has 138 valence electrons. The Morgan fingerprint density at radius 2 is 1.88 bits per heavy atom. The van der Waals surface area contributed by atoms with Crippen LogP contribution in [0.25, 0.3) is 16.6 Å². The first-order valence-electron chi connectivity index (χ1n) is 8.75. The molecule has 0 amide bonds. The smallest absolute Gasteiger partial charge is 0.330 e. The standard InChI is InChI=1S/C18H20F3N5/c19-18(20,21)14-9-23-25(11-14)16-6-3-13-10-26(24-17(13)7-16)15-4-1-12(8-22)2-5-15/h3,6-7,9-12,15H,1-2,4-5,8,22H2. The molecule has 1 saturated carbocycles. The third-order valence-corrected chi connectivity index (χ3v) is 5.21. The third-order valence-electron chi connectivity index (χ3n) is 5.21. The maximum Gasteiger partial charge on any atom is 0.419 e. The van der Waals surface area contributed by atoms with Crippen LogP contribution in [0.4, 0.5) is 13.2 Å². The van der Waals surface area contributed by atoms with Crippen LogP contribution in [-0.2, 0) is 6.18 Å². The summed E-state index contributed by atoms with van der Waals surface area (Å²) in [5.41, 5.74) is 6.30. The van der Waals surface area contributed by atoms with Crippen molar-refractivity contribution in [2.24, 2.45) is 11.7 Å². The molecule has 5 nitrogen and oxygen atoms in total. The topological polar surface area (TPSA) is 61.7 Å². The zero-order chi connectivity index (χ0) is 18.3. The van der Waals surface area contributed by atoms with Crippen molar-refractivity contribution in [2.45, 2.75) is 37.9 Å². The zero-order valence-electron chi connectivity index (χ0n) is 14.2. The van der Waals surface area contributed by atoms with Crippen LogP contribution in [0.5, 0.6) is 0 Å². The average Bonchev–Trinajstić information content (AvgIpc) is 3.28. The number of hydrogen-bond donors (Lipinski definition) is 1. The monoisotopic (exact) mass is 363 g/mol. The molecule has 2 aromatic heterocycles. The van der Waals surface area contributed by atoms with Gasteiger partial charge in [0.2, 0.25) is 0 Å². The molecule has 8 heteroatoms. The predicted molar refractivity (Wildman–Crippen MR) is 91.9 cm³/mol. The average molecular weight is 363 g/mol. The Labute approximate surface area is 148 Å². The highest BCUT2D eigenvalue weighted by molar-refractivity contribution is 5.80. The first kappa shape index (κ1) is 17.1. The molecule has 26 heavy (non-hydrogen) atoms. The van der Waals surface area contributed by atoms with E-state index in [2.05, 4.69) is 10.2 Å². The number of benzene rings is 1. The number of nitrogens with two attached hydrogens (primary N) is 1. The van der Waals surface area contributed by atoms with Gasteiger partial charge < -0.3 is 5.73 Å². The van der Waals surface area contributed by atoms with Gasteiger partial charge in [0, 0.05) is 17.8 Å². The summed E-state index contributed by atoms with van der Waals surface area (Å²) in [6.07, 6.45) is 3.76. The largest absolute Gasteiger partial charge is 0.419 e. The molecular weight excluding hydrogens is 343 g/mol. The molecule has 1 aromatic carbocycles. The predicted octanol–water partition coefficient (Wildman–Crippen LogP) is 3.93. The lowest BCUT2D eigenvalue weighted by atomic mass is 9.86. The molecule has 0 atom stereocenters. The van der Waals surface area contributed by atoms with Crippen LogP contribution in [0.15, 0.2) is 36.8 Å². The summed E-state index contributed by atoms with van der Waals surface area (Å²) in [4.78, 5) is 0. The van der Waals surface area contributed by atoms with Crippen molar-refractivity contribution < 1.29 is 13.2 Å². The van der Waals surface area contributed by atoms with Crippen LogP contribution in [0, 0.1) is 5.92 Å². The normalized spacial score (nSPS) is 21.4. The van der Waals surface area contributed by atoms with Crippen molar-refractivity contribution in [1.82, 2.24) is 19.6 Å². The first-order valence-corrected chi connectivity index (χ1v) is 8.75. The SMILES string of the molecule is NCC1CCC(n2cc3ccc(-n4cc(C(F)(F)F)cn4)cc3n2)CC1. The lowest BCUT2D eigenvalue weighted by Crippen LogP contribution is -2.23. The van der Waals surface area contributed by atoms with E-state index in [4.69, 9.17) is 5.73 Å². The fourth-order valence-corrected chi connectivity index (χ4v) is 3.61. The number of rotatable bonds is 3. The Morgan fingerprint density at radius 3 is 2.54 bits per heavy atom. The van der Waals surface area contributed by atoms with Crippen molar-refractivity contribution in [3.05, 3.63) is 42.4 Å². The molecule has 0 bridgehead atoms. The van der Waals surface area contributed by atoms with Gasteiger partial charge in [0.25, 0.3) is 0 Å². The van der Waals surface area contributed by atoms with E-state index in [9.17, 15) is 13.2 Å². The third kappa shape index (κ3) is 3.21. The van der Waals surface area contributed by atoms with E-state index >= 15 is 0 Å². The molecule has 1 fully saturated rings. The van der Waals surface area contributed by atoms with Crippen molar-refractivity contribution in [3.63, 3.8) is 0 Å². The van der Waals surface area contributed by atoms with E-state index in [-0.39, 0.29) is 0 Å². The van der Waals surface area contributed by atoms with Gasteiger partial charge in [-0.1, -0.05) is 0 Å². The molecule has 0 saturated heterocycles. The molecule has 1 aliphatic rings. The quantitative estimate of drug-likeness (QED) is 0.767. The maximum atomic E-state index is 12.8. The van der Waals surface area contributed by atoms with Gasteiger partial charge in [0.1, 0.15) is 0 Å². The Hall–Kier alpha value is -2.35. The molecule has 3 aromatic rings. The fourth-order valence-electron chi connectivity index (χ4n) is 3.61. The highest BCUT2D eigenvalue weighted by Gasteiger charge is 2.32. The van der Waals surface area contributed by atoms with Crippen molar-refractivity contribution >= 4 is 10.9 Å². The first-order chi connectivity index (χ1) is 12.4. The van der Waals surface area contributed by atoms with Gasteiger partial charge in [-0.25, -0.2) is 4.68 Å². The van der Waals surface area contributed by atoms with E-state index in [1.165, 1.54) is 4.68 Å². The van der Waals surface area contributed by atoms with Gasteiger partial charge in [-0.05, 0) is 56.3 Å². The van der Waals surface area contributed by atoms with Crippen LogP contribution >= 0.6 is 0 Å². The lowest BCUT2D eigenvalue weighted by molar-refractivity contribution is -0.137. The zero-order valence-corrected chi connectivity index (χ0v) is 14.2. The second-order valence-electron chi connectivity index (χ2n) is 6.93. The van der Waals surface area contributed by atoms with Crippen LogP contribution in [0.2, 0.25) is 0 Å². The molecule has 0 unspecified atom stereocenters. The van der Waals surface area contributed by atoms with Gasteiger partial charge in [0.15, 0.2) is 0 Å². The van der Waals surface area contributed by atoms with Crippen LogP contribution < -0.4 is 5.73 Å². The van der Waals surface area contributed by atoms with Crippen molar-refractivity contribution in [3.8, 4) is 5.69 Å². The molecule has 1 aliphatic carbocycles. The van der Waals surface area contributed by atoms with E-state index in [1.807, 2.05) is 16.9 Å². The van der Waals surface area contributed by atoms with Gasteiger partial charge in [-0.15, -0.1) is 0 Å². The number of halogens is 3. The van der Waals surface area contributed by atoms with Crippen LogP contribution in [0.3, 0.4) is 0 Å². The number of fused-ring (bicyclic) bond motifs is 1. The summed E-state index contributed by atoms with van der Waals surface area (Å²) in [5, 5.41) is 9.45. The fraction of sp³-hybridized carbons (Fsp3) is 0.444. The summed E-state index contributed by atoms with van der Waals surface area (Å²) >= 11 is 0. The molecule has 2 N–H and O–H groups in total. The highest BCUT2D eigenvalue weighted by Crippen LogP contribution is 2.33. The minimum atomic E-state index is -4.40. The van der Waals surface area contributed by atoms with Crippen molar-refractivity contribution in [2.75, 3.05) is 6.54 Å². The minimum Gasteiger partial charge on any atom is -0.330 e. The number of nitrogens with zero attached hydrogens (tertiary/aromatic N) is 4. The lowest BCUT2D eigenvalue weighted by Gasteiger charge is -2.27.